The van der Waals surface area contributed by atoms with Crippen LogP contribution >= 0.6 is 0 Å². The van der Waals surface area contributed by atoms with Crippen LogP contribution < -0.4 is 9.47 Å². The zero-order valence-corrected chi connectivity index (χ0v) is 15.3. The van der Waals surface area contributed by atoms with Gasteiger partial charge in [0.2, 0.25) is 0 Å². The molecule has 0 atom stereocenters. The van der Waals surface area contributed by atoms with Gasteiger partial charge in [-0.05, 0) is 43.5 Å². The zero-order chi connectivity index (χ0) is 20.8. The van der Waals surface area contributed by atoms with Crippen LogP contribution in [0.15, 0.2) is 59.7 Å². The molecule has 0 saturated heterocycles. The predicted octanol–water partition coefficient (Wildman–Crippen LogP) is 6.11. The molecule has 0 unspecified atom stereocenters. The van der Waals surface area contributed by atoms with Crippen molar-refractivity contribution < 1.29 is 31.8 Å². The molecule has 152 valence electrons. The average molecular weight is 406 g/mol. The number of carbonyl (C=O) groups excluding carboxylic acids is 1. The molecule has 0 heterocycles. The third-order valence-electron chi connectivity index (χ3n) is 4.41. The van der Waals surface area contributed by atoms with Gasteiger partial charge in [-0.25, -0.2) is 0 Å². The lowest BCUT2D eigenvalue weighted by Gasteiger charge is -2.18. The Balaban J connectivity index is 1.90. The van der Waals surface area contributed by atoms with E-state index in [2.05, 4.69) is 9.47 Å². The van der Waals surface area contributed by atoms with Crippen LogP contribution in [0.2, 0.25) is 0 Å². The minimum Gasteiger partial charge on any atom is -0.434 e. The molecule has 7 heteroatoms. The van der Waals surface area contributed by atoms with Crippen LogP contribution in [0.3, 0.4) is 0 Å². The Labute approximate surface area is 165 Å². The number of hydrogen-bond acceptors (Lipinski definition) is 3. The highest BCUT2D eigenvalue weighted by Crippen LogP contribution is 2.32. The topological polar surface area (TPSA) is 35.5 Å². The number of allylic oxidation sites excluding steroid dienone is 2. The summed E-state index contributed by atoms with van der Waals surface area (Å²) in [6.07, 6.45) is 4.70. The highest BCUT2D eigenvalue weighted by atomic mass is 19.3. The molecule has 3 nitrogen and oxygen atoms in total. The molecule has 1 aliphatic carbocycles. The quantitative estimate of drug-likeness (QED) is 0.429. The molecule has 1 aliphatic rings. The van der Waals surface area contributed by atoms with Crippen molar-refractivity contribution >= 4 is 17.9 Å². The lowest BCUT2D eigenvalue weighted by Crippen LogP contribution is -2.13. The third-order valence-corrected chi connectivity index (χ3v) is 4.41. The summed E-state index contributed by atoms with van der Waals surface area (Å²) >= 11 is 0. The largest absolute Gasteiger partial charge is 0.434 e. The number of Topliss-reactive ketones (excluding diaryl/α,β-unsaturated/α-hetero) is 1. The van der Waals surface area contributed by atoms with E-state index in [1.54, 1.807) is 36.4 Å². The number of carbonyl (C=O) groups is 1. The maximum atomic E-state index is 12.9. The Morgan fingerprint density at radius 3 is 1.55 bits per heavy atom. The van der Waals surface area contributed by atoms with E-state index < -0.39 is 13.2 Å². The molecule has 1 fully saturated rings. The van der Waals surface area contributed by atoms with Crippen molar-refractivity contribution in [1.29, 1.82) is 0 Å². The van der Waals surface area contributed by atoms with Crippen LogP contribution in [0.4, 0.5) is 17.6 Å². The molecule has 0 amide bonds. The van der Waals surface area contributed by atoms with Gasteiger partial charge >= 0.3 is 13.2 Å². The van der Waals surface area contributed by atoms with Gasteiger partial charge in [-0.2, -0.15) is 17.6 Å². The predicted molar refractivity (Wildman–Crippen MR) is 101 cm³/mol. The van der Waals surface area contributed by atoms with E-state index in [1.807, 2.05) is 0 Å². The van der Waals surface area contributed by atoms with Gasteiger partial charge in [0.1, 0.15) is 11.5 Å². The van der Waals surface area contributed by atoms with E-state index in [4.69, 9.17) is 0 Å². The van der Waals surface area contributed by atoms with Crippen LogP contribution in [-0.2, 0) is 4.79 Å². The second-order valence-corrected chi connectivity index (χ2v) is 6.35. The molecule has 0 spiro atoms. The zero-order valence-electron chi connectivity index (χ0n) is 15.3. The molecule has 29 heavy (non-hydrogen) atoms. The molecule has 2 aromatic rings. The summed E-state index contributed by atoms with van der Waals surface area (Å²) in [6, 6.07) is 12.4. The van der Waals surface area contributed by atoms with Gasteiger partial charge in [0, 0.05) is 22.3 Å². The summed E-state index contributed by atoms with van der Waals surface area (Å²) in [5.41, 5.74) is 1.64. The van der Waals surface area contributed by atoms with E-state index in [-0.39, 0.29) is 17.3 Å². The number of ether oxygens (including phenoxy) is 2. The number of rotatable bonds is 6. The lowest BCUT2D eigenvalue weighted by atomic mass is 9.86. The van der Waals surface area contributed by atoms with Gasteiger partial charge < -0.3 is 9.47 Å². The second kappa shape index (κ2) is 9.41. The van der Waals surface area contributed by atoms with Gasteiger partial charge in [0.25, 0.3) is 0 Å². The van der Waals surface area contributed by atoms with Crippen LogP contribution in [-0.4, -0.2) is 19.0 Å². The second-order valence-electron chi connectivity index (χ2n) is 6.35. The standard InChI is InChI=1S/C22H18F4O3/c23-21(24)28-18-10-3-1-6-14(18)12-16-8-5-9-17(20(16)27)13-15-7-2-4-11-19(15)29-22(25)26/h1-4,6-7,10-13,21-22H,5,8-9H2. The Morgan fingerprint density at radius 1 is 0.724 bits per heavy atom. The van der Waals surface area contributed by atoms with Gasteiger partial charge in [0.15, 0.2) is 5.78 Å². The maximum Gasteiger partial charge on any atom is 0.387 e. The molecule has 1 saturated carbocycles. The summed E-state index contributed by atoms with van der Waals surface area (Å²) in [7, 11) is 0. The lowest BCUT2D eigenvalue weighted by molar-refractivity contribution is -0.112. The molecule has 3 rings (SSSR count). The minimum atomic E-state index is -2.97. The number of para-hydroxylation sites is 2. The SMILES string of the molecule is O=C1C(=Cc2ccccc2OC(F)F)CCCC1=Cc1ccccc1OC(F)F. The Hall–Kier alpha value is -3.09. The maximum absolute atomic E-state index is 12.9. The van der Waals surface area contributed by atoms with Gasteiger partial charge in [-0.3, -0.25) is 4.79 Å². The molecular formula is C22H18F4O3. The van der Waals surface area contributed by atoms with Crippen LogP contribution in [0, 0.1) is 0 Å². The van der Waals surface area contributed by atoms with Crippen molar-refractivity contribution in [1.82, 2.24) is 0 Å². The Morgan fingerprint density at radius 2 is 1.14 bits per heavy atom. The van der Waals surface area contributed by atoms with Gasteiger partial charge in [-0.1, -0.05) is 36.4 Å². The first-order chi connectivity index (χ1) is 13.9. The molecule has 0 aliphatic heterocycles. The fraction of sp³-hybridized carbons (Fsp3) is 0.227. The van der Waals surface area contributed by atoms with E-state index in [1.165, 1.54) is 24.3 Å². The van der Waals surface area contributed by atoms with Crippen molar-refractivity contribution in [3.05, 3.63) is 70.8 Å². The third kappa shape index (κ3) is 5.47. The minimum absolute atomic E-state index is 0.0189. The summed E-state index contributed by atoms with van der Waals surface area (Å²) in [5.74, 6) is -0.292. The summed E-state index contributed by atoms with van der Waals surface area (Å²) in [4.78, 5) is 12.9. The number of ketones is 1. The highest BCUT2D eigenvalue weighted by molar-refractivity contribution is 6.14. The fourth-order valence-corrected chi connectivity index (χ4v) is 3.16. The molecule has 0 aromatic heterocycles. The van der Waals surface area contributed by atoms with Crippen molar-refractivity contribution in [3.8, 4) is 11.5 Å². The Kier molecular flexibility index (Phi) is 6.69. The Bertz CT molecular complexity index is 862. The molecule has 0 N–H and O–H groups in total. The number of alkyl halides is 4. The van der Waals surface area contributed by atoms with Crippen LogP contribution in [0.25, 0.3) is 12.2 Å². The van der Waals surface area contributed by atoms with Crippen LogP contribution in [0.5, 0.6) is 11.5 Å². The van der Waals surface area contributed by atoms with E-state index in [9.17, 15) is 22.4 Å². The fourth-order valence-electron chi connectivity index (χ4n) is 3.16. The number of halogens is 4. The van der Waals surface area contributed by atoms with Crippen LogP contribution in [0.1, 0.15) is 30.4 Å². The van der Waals surface area contributed by atoms with Crippen molar-refractivity contribution in [3.63, 3.8) is 0 Å². The summed E-state index contributed by atoms with van der Waals surface area (Å²) < 4.78 is 59.4. The smallest absolute Gasteiger partial charge is 0.387 e. The van der Waals surface area contributed by atoms with E-state index >= 15 is 0 Å². The normalized spacial score (nSPS) is 17.4. The first kappa shape index (κ1) is 20.6. The van der Waals surface area contributed by atoms with E-state index in [0.717, 1.165) is 0 Å². The van der Waals surface area contributed by atoms with Gasteiger partial charge in [0.05, 0.1) is 0 Å². The number of benzene rings is 2. The van der Waals surface area contributed by atoms with Crippen molar-refractivity contribution in [2.75, 3.05) is 0 Å². The molecule has 2 aromatic carbocycles. The monoisotopic (exact) mass is 406 g/mol. The number of hydrogen-bond donors (Lipinski definition) is 0. The molecule has 0 bridgehead atoms. The van der Waals surface area contributed by atoms with Crippen molar-refractivity contribution in [2.45, 2.75) is 32.5 Å². The van der Waals surface area contributed by atoms with E-state index in [0.29, 0.717) is 41.5 Å². The average Bonchev–Trinajstić information content (AvgIpc) is 2.67. The summed E-state index contributed by atoms with van der Waals surface area (Å²) in [6.45, 7) is -5.95. The molecule has 0 radical (unpaired) electrons. The first-order valence-corrected chi connectivity index (χ1v) is 8.97. The van der Waals surface area contributed by atoms with Gasteiger partial charge in [-0.15, -0.1) is 0 Å². The van der Waals surface area contributed by atoms with Crippen molar-refractivity contribution in [2.24, 2.45) is 0 Å². The summed E-state index contributed by atoms with van der Waals surface area (Å²) in [5, 5.41) is 0. The highest BCUT2D eigenvalue weighted by Gasteiger charge is 2.22. The first-order valence-electron chi connectivity index (χ1n) is 8.97. The molecular weight excluding hydrogens is 388 g/mol.